The van der Waals surface area contributed by atoms with Crippen molar-refractivity contribution in [2.24, 2.45) is 5.92 Å². The Morgan fingerprint density at radius 1 is 1.14 bits per heavy atom. The van der Waals surface area contributed by atoms with E-state index in [1.807, 2.05) is 6.07 Å². The van der Waals surface area contributed by atoms with Crippen LogP contribution in [-0.4, -0.2) is 53.9 Å². The molecule has 220 valence electrons. The molecule has 2 aliphatic heterocycles. The summed E-state index contributed by atoms with van der Waals surface area (Å²) < 4.78 is 7.34. The number of hydrogen-bond acceptors (Lipinski definition) is 8. The average Bonchev–Trinajstić information content (AvgIpc) is 3.84. The molecule has 7 rings (SSSR count). The summed E-state index contributed by atoms with van der Waals surface area (Å²) in [7, 11) is 0. The Bertz CT molecular complexity index is 1750. The first-order valence-corrected chi connectivity index (χ1v) is 16.1. The molecule has 1 aliphatic carbocycles. The number of hydrogen-bond donors (Lipinski definition) is 2. The standard InChI is InChI=1S/C34H36N6O2S/c41-33-27(8-5-24-3-1-2-4-24)20-28-22-36-34(37-29-9-6-25(7-10-29)19-26-11-13-35-21-26)38-32(28)40(33)23-31-30(12-18-43-31)39-14-16-42-17-15-39/h3,6-7,9-10,12,18,20,22,26,35H,1-2,4,11,13-17,19,21,23H2,(H,36,37,38). The van der Waals surface area contributed by atoms with Gasteiger partial charge < -0.3 is 20.3 Å². The van der Waals surface area contributed by atoms with Crippen molar-refractivity contribution in [1.29, 1.82) is 0 Å². The van der Waals surface area contributed by atoms with E-state index in [0.29, 0.717) is 42.8 Å². The van der Waals surface area contributed by atoms with Gasteiger partial charge in [-0.15, -0.1) is 11.3 Å². The molecule has 3 aromatic heterocycles. The van der Waals surface area contributed by atoms with Gasteiger partial charge in [0.1, 0.15) is 5.65 Å². The van der Waals surface area contributed by atoms with Crippen LogP contribution in [0.15, 0.2) is 64.4 Å². The molecule has 9 heteroatoms. The number of thiophene rings is 1. The minimum absolute atomic E-state index is 0.129. The van der Waals surface area contributed by atoms with Crippen LogP contribution in [0.2, 0.25) is 0 Å². The SMILES string of the molecule is O=c1c(C#CC2=CCCC2)cc2cnc(Nc3ccc(CC4CCNC4)cc3)nc2n1Cc1sccc1N1CCOCC1. The van der Waals surface area contributed by atoms with E-state index in [9.17, 15) is 4.79 Å². The van der Waals surface area contributed by atoms with Crippen LogP contribution < -0.4 is 21.1 Å². The Kier molecular flexibility index (Phi) is 8.23. The lowest BCUT2D eigenvalue weighted by atomic mass is 9.99. The lowest BCUT2D eigenvalue weighted by Gasteiger charge is -2.29. The maximum Gasteiger partial charge on any atom is 0.268 e. The Morgan fingerprint density at radius 2 is 2.02 bits per heavy atom. The summed E-state index contributed by atoms with van der Waals surface area (Å²) in [5, 5.41) is 9.69. The van der Waals surface area contributed by atoms with E-state index in [0.717, 1.165) is 79.1 Å². The third-order valence-corrected chi connectivity index (χ3v) is 9.39. The maximum absolute atomic E-state index is 14.0. The zero-order chi connectivity index (χ0) is 29.0. The highest BCUT2D eigenvalue weighted by Gasteiger charge is 2.19. The van der Waals surface area contributed by atoms with Crippen molar-refractivity contribution in [3.63, 3.8) is 0 Å². The molecule has 1 atom stereocenters. The van der Waals surface area contributed by atoms with Crippen molar-refractivity contribution >= 4 is 39.7 Å². The summed E-state index contributed by atoms with van der Waals surface area (Å²) in [4.78, 5) is 26.9. The van der Waals surface area contributed by atoms with Crippen LogP contribution in [-0.2, 0) is 17.7 Å². The van der Waals surface area contributed by atoms with E-state index in [-0.39, 0.29) is 5.56 Å². The van der Waals surface area contributed by atoms with E-state index in [2.05, 4.69) is 74.1 Å². The van der Waals surface area contributed by atoms with E-state index in [4.69, 9.17) is 9.72 Å². The number of anilines is 3. The summed E-state index contributed by atoms with van der Waals surface area (Å²) in [5.41, 5.74) is 5.46. The molecule has 2 saturated heterocycles. The smallest absolute Gasteiger partial charge is 0.268 e. The third kappa shape index (κ3) is 6.37. The van der Waals surface area contributed by atoms with Gasteiger partial charge in [-0.2, -0.15) is 4.98 Å². The van der Waals surface area contributed by atoms with Gasteiger partial charge in [0.2, 0.25) is 5.95 Å². The van der Waals surface area contributed by atoms with E-state index >= 15 is 0 Å². The predicted molar refractivity (Wildman–Crippen MR) is 173 cm³/mol. The fourth-order valence-electron chi connectivity index (χ4n) is 6.14. The molecule has 8 nitrogen and oxygen atoms in total. The minimum atomic E-state index is -0.129. The number of pyridine rings is 1. The maximum atomic E-state index is 14.0. The Balaban J connectivity index is 1.22. The summed E-state index contributed by atoms with van der Waals surface area (Å²) in [6, 6.07) is 12.5. The van der Waals surface area contributed by atoms with Gasteiger partial charge in [-0.25, -0.2) is 4.98 Å². The second-order valence-corrected chi connectivity index (χ2v) is 12.5. The molecule has 2 fully saturated rings. The largest absolute Gasteiger partial charge is 0.378 e. The highest BCUT2D eigenvalue weighted by molar-refractivity contribution is 7.10. The van der Waals surface area contributed by atoms with E-state index < -0.39 is 0 Å². The second-order valence-electron chi connectivity index (χ2n) is 11.5. The number of rotatable bonds is 7. The molecule has 0 spiro atoms. The molecule has 2 N–H and O–H groups in total. The first-order valence-electron chi connectivity index (χ1n) is 15.3. The van der Waals surface area contributed by atoms with Gasteiger partial charge in [-0.1, -0.05) is 30.0 Å². The quantitative estimate of drug-likeness (QED) is 0.289. The van der Waals surface area contributed by atoms with Crippen LogP contribution in [0.3, 0.4) is 0 Å². The lowest BCUT2D eigenvalue weighted by molar-refractivity contribution is 0.122. The number of allylic oxidation sites excluding steroid dienone is 2. The molecule has 43 heavy (non-hydrogen) atoms. The van der Waals surface area contributed by atoms with Crippen LogP contribution in [0.25, 0.3) is 11.0 Å². The molecule has 4 aromatic rings. The Morgan fingerprint density at radius 3 is 2.81 bits per heavy atom. The molecule has 0 bridgehead atoms. The molecular formula is C34H36N6O2S. The van der Waals surface area contributed by atoms with E-state index in [1.54, 1.807) is 22.1 Å². The fraction of sp³-hybridized carbons (Fsp3) is 0.382. The van der Waals surface area contributed by atoms with Gasteiger partial charge in [0, 0.05) is 35.2 Å². The molecule has 5 heterocycles. The monoisotopic (exact) mass is 592 g/mol. The van der Waals surface area contributed by atoms with Crippen LogP contribution >= 0.6 is 11.3 Å². The Labute approximate surface area is 255 Å². The minimum Gasteiger partial charge on any atom is -0.378 e. The highest BCUT2D eigenvalue weighted by Crippen LogP contribution is 2.29. The summed E-state index contributed by atoms with van der Waals surface area (Å²) in [6.07, 6.45) is 9.44. The first-order chi connectivity index (χ1) is 21.2. The van der Waals surface area contributed by atoms with E-state index in [1.165, 1.54) is 12.0 Å². The van der Waals surface area contributed by atoms with Crippen LogP contribution in [0.5, 0.6) is 0 Å². The normalized spacial score (nSPS) is 18.5. The number of ether oxygens (including phenoxy) is 1. The van der Waals surface area contributed by atoms with Gasteiger partial charge in [-0.05, 0) is 91.9 Å². The van der Waals surface area contributed by atoms with Crippen LogP contribution in [0.1, 0.15) is 41.7 Å². The van der Waals surface area contributed by atoms with Crippen molar-refractivity contribution < 1.29 is 4.74 Å². The lowest BCUT2D eigenvalue weighted by Crippen LogP contribution is -2.36. The van der Waals surface area contributed by atoms with Crippen molar-refractivity contribution in [3.05, 3.63) is 86.0 Å². The number of nitrogens with zero attached hydrogens (tertiary/aromatic N) is 4. The van der Waals surface area contributed by atoms with Crippen molar-refractivity contribution in [2.75, 3.05) is 49.6 Å². The topological polar surface area (TPSA) is 84.3 Å². The molecule has 3 aliphatic rings. The summed E-state index contributed by atoms with van der Waals surface area (Å²) in [6.45, 7) is 5.72. The van der Waals surface area contributed by atoms with Gasteiger partial charge in [-0.3, -0.25) is 9.36 Å². The van der Waals surface area contributed by atoms with Crippen molar-refractivity contribution in [3.8, 4) is 11.8 Å². The first kappa shape index (κ1) is 27.8. The Hall–Kier alpha value is -3.97. The molecule has 1 unspecified atom stereocenters. The molecule has 0 saturated carbocycles. The van der Waals surface area contributed by atoms with Gasteiger partial charge in [0.05, 0.1) is 31.0 Å². The van der Waals surface area contributed by atoms with Gasteiger partial charge in [0.15, 0.2) is 0 Å². The highest BCUT2D eigenvalue weighted by atomic mass is 32.1. The summed E-state index contributed by atoms with van der Waals surface area (Å²) in [5.74, 6) is 7.59. The molecule has 0 amide bonds. The summed E-state index contributed by atoms with van der Waals surface area (Å²) >= 11 is 1.66. The third-order valence-electron chi connectivity index (χ3n) is 8.50. The number of morpholine rings is 1. The van der Waals surface area contributed by atoms with Crippen LogP contribution in [0, 0.1) is 17.8 Å². The number of nitrogens with one attached hydrogen (secondary N) is 2. The van der Waals surface area contributed by atoms with Crippen molar-refractivity contribution in [1.82, 2.24) is 19.9 Å². The fourth-order valence-corrected chi connectivity index (χ4v) is 7.03. The van der Waals surface area contributed by atoms with Crippen molar-refractivity contribution in [2.45, 2.75) is 38.6 Å². The number of fused-ring (bicyclic) bond motifs is 1. The molecular weight excluding hydrogens is 556 g/mol. The average molecular weight is 593 g/mol. The molecule has 0 radical (unpaired) electrons. The van der Waals surface area contributed by atoms with Gasteiger partial charge >= 0.3 is 0 Å². The zero-order valence-corrected chi connectivity index (χ0v) is 25.1. The number of aromatic nitrogens is 3. The predicted octanol–water partition coefficient (Wildman–Crippen LogP) is 5.10. The zero-order valence-electron chi connectivity index (χ0n) is 24.3. The molecule has 1 aromatic carbocycles. The van der Waals surface area contributed by atoms with Crippen LogP contribution in [0.4, 0.5) is 17.3 Å². The number of benzene rings is 1. The van der Waals surface area contributed by atoms with Gasteiger partial charge in [0.25, 0.3) is 5.56 Å². The second kappa shape index (κ2) is 12.7.